The number of carbonyl (C=O) groups is 1. The molecule has 0 atom stereocenters. The number of hydrogen-bond acceptors (Lipinski definition) is 3. The van der Waals surface area contributed by atoms with Gasteiger partial charge >= 0.3 is 0 Å². The van der Waals surface area contributed by atoms with Crippen molar-refractivity contribution in [2.24, 2.45) is 4.99 Å². The second-order valence-electron chi connectivity index (χ2n) is 5.51. The highest BCUT2D eigenvalue weighted by Crippen LogP contribution is 2.47. The molecular formula is C15H16N2O2. The number of nitrogens with one attached hydrogen (secondary N) is 1. The van der Waals surface area contributed by atoms with Crippen molar-refractivity contribution in [1.29, 1.82) is 0 Å². The van der Waals surface area contributed by atoms with Crippen LogP contribution >= 0.6 is 0 Å². The summed E-state index contributed by atoms with van der Waals surface area (Å²) in [6.45, 7) is 2.01. The van der Waals surface area contributed by atoms with E-state index in [4.69, 9.17) is 0 Å². The van der Waals surface area contributed by atoms with Gasteiger partial charge in [-0.2, -0.15) is 4.99 Å². The molecule has 1 aromatic carbocycles. The van der Waals surface area contributed by atoms with E-state index in [9.17, 15) is 9.59 Å². The summed E-state index contributed by atoms with van der Waals surface area (Å²) >= 11 is 0. The fourth-order valence-corrected chi connectivity index (χ4v) is 3.36. The normalized spacial score (nSPS) is 19.7. The minimum atomic E-state index is -0.477. The first-order chi connectivity index (χ1) is 9.14. The van der Waals surface area contributed by atoms with Crippen LogP contribution in [-0.4, -0.2) is 12.0 Å². The number of aryl methyl sites for hydroxylation is 1. The lowest BCUT2D eigenvalue weighted by Gasteiger charge is -2.26. The van der Waals surface area contributed by atoms with E-state index in [1.54, 1.807) is 6.08 Å². The van der Waals surface area contributed by atoms with E-state index in [0.29, 0.717) is 6.42 Å². The Morgan fingerprint density at radius 1 is 1.32 bits per heavy atom. The number of carbonyl (C=O) groups excluding carboxylic acids is 2. The van der Waals surface area contributed by atoms with Crippen molar-refractivity contribution >= 4 is 17.7 Å². The largest absolute Gasteiger partial charge is 0.325 e. The monoisotopic (exact) mass is 256 g/mol. The summed E-state index contributed by atoms with van der Waals surface area (Å²) in [5.41, 5.74) is 3.52. The summed E-state index contributed by atoms with van der Waals surface area (Å²) in [5.74, 6) is 0.0186. The predicted molar refractivity (Wildman–Crippen MR) is 71.8 cm³/mol. The highest BCUT2D eigenvalue weighted by molar-refractivity contribution is 6.00. The zero-order valence-electron chi connectivity index (χ0n) is 11.0. The van der Waals surface area contributed by atoms with Crippen LogP contribution in [0.25, 0.3) is 0 Å². The molecule has 1 saturated carbocycles. The van der Waals surface area contributed by atoms with Crippen molar-refractivity contribution in [2.45, 2.75) is 44.6 Å². The molecule has 0 bridgehead atoms. The van der Waals surface area contributed by atoms with Gasteiger partial charge in [0, 0.05) is 5.56 Å². The third kappa shape index (κ3) is 1.89. The minimum Gasteiger partial charge on any atom is -0.325 e. The van der Waals surface area contributed by atoms with E-state index >= 15 is 0 Å². The molecule has 0 unspecified atom stereocenters. The van der Waals surface area contributed by atoms with E-state index in [-0.39, 0.29) is 5.91 Å². The van der Waals surface area contributed by atoms with E-state index in [0.717, 1.165) is 48.1 Å². The second kappa shape index (κ2) is 4.32. The van der Waals surface area contributed by atoms with E-state index in [1.807, 2.05) is 13.0 Å². The number of anilines is 1. The second-order valence-corrected chi connectivity index (χ2v) is 5.51. The van der Waals surface area contributed by atoms with Crippen LogP contribution in [0.5, 0.6) is 0 Å². The summed E-state index contributed by atoms with van der Waals surface area (Å²) < 4.78 is 0. The van der Waals surface area contributed by atoms with Gasteiger partial charge in [-0.15, -0.1) is 0 Å². The van der Waals surface area contributed by atoms with Gasteiger partial charge < -0.3 is 5.32 Å². The lowest BCUT2D eigenvalue weighted by molar-refractivity contribution is -0.115. The van der Waals surface area contributed by atoms with Gasteiger partial charge in [0.2, 0.25) is 12.0 Å². The highest BCUT2D eigenvalue weighted by Gasteiger charge is 2.39. The Balaban J connectivity index is 2.20. The molecule has 1 aromatic rings. The highest BCUT2D eigenvalue weighted by atomic mass is 16.1. The molecule has 0 radical (unpaired) electrons. The van der Waals surface area contributed by atoms with Crippen molar-refractivity contribution in [1.82, 2.24) is 0 Å². The average Bonchev–Trinajstić information content (AvgIpc) is 2.95. The van der Waals surface area contributed by atoms with Gasteiger partial charge in [0.05, 0.1) is 12.1 Å². The van der Waals surface area contributed by atoms with Gasteiger partial charge in [-0.05, 0) is 25.3 Å². The van der Waals surface area contributed by atoms with Gasteiger partial charge in [-0.25, -0.2) is 4.79 Å². The Bertz CT molecular complexity index is 594. The number of hydrogen-bond donors (Lipinski definition) is 1. The van der Waals surface area contributed by atoms with Crippen LogP contribution in [0.2, 0.25) is 0 Å². The zero-order chi connectivity index (χ0) is 13.5. The zero-order valence-corrected chi connectivity index (χ0v) is 11.0. The molecule has 19 heavy (non-hydrogen) atoms. The Morgan fingerprint density at radius 2 is 2.05 bits per heavy atom. The Labute approximate surface area is 111 Å². The van der Waals surface area contributed by atoms with Crippen molar-refractivity contribution in [2.75, 3.05) is 5.32 Å². The number of isocyanates is 1. The molecule has 1 N–H and O–H groups in total. The SMILES string of the molecule is Cc1cc2c(c(C3(N=C=O)CCCC3)c1)NC(=O)C2. The molecular weight excluding hydrogens is 240 g/mol. The maximum absolute atomic E-state index is 11.6. The van der Waals surface area contributed by atoms with Crippen LogP contribution in [0, 0.1) is 6.92 Å². The number of benzene rings is 1. The summed E-state index contributed by atoms with van der Waals surface area (Å²) in [7, 11) is 0. The molecule has 0 aromatic heterocycles. The quantitative estimate of drug-likeness (QED) is 0.653. The molecule has 4 heteroatoms. The third-order valence-corrected chi connectivity index (χ3v) is 4.17. The molecule has 98 valence electrons. The van der Waals surface area contributed by atoms with Gasteiger partial charge in [0.15, 0.2) is 0 Å². The summed E-state index contributed by atoms with van der Waals surface area (Å²) in [6, 6.07) is 4.08. The van der Waals surface area contributed by atoms with Crippen molar-refractivity contribution in [3.8, 4) is 0 Å². The van der Waals surface area contributed by atoms with E-state index in [2.05, 4.69) is 16.4 Å². The third-order valence-electron chi connectivity index (χ3n) is 4.17. The van der Waals surface area contributed by atoms with Crippen LogP contribution in [0.1, 0.15) is 42.4 Å². The number of aliphatic imine (C=N–C) groups is 1. The fraction of sp³-hybridized carbons (Fsp3) is 0.467. The van der Waals surface area contributed by atoms with E-state index in [1.165, 1.54) is 0 Å². The first-order valence-electron chi connectivity index (χ1n) is 6.67. The lowest BCUT2D eigenvalue weighted by Crippen LogP contribution is -2.21. The van der Waals surface area contributed by atoms with Crippen LogP contribution in [-0.2, 0) is 21.5 Å². The molecule has 4 nitrogen and oxygen atoms in total. The van der Waals surface area contributed by atoms with Gasteiger partial charge in [-0.3, -0.25) is 4.79 Å². The fourth-order valence-electron chi connectivity index (χ4n) is 3.36. The van der Waals surface area contributed by atoms with Crippen molar-refractivity contribution in [3.63, 3.8) is 0 Å². The molecule has 1 aliphatic heterocycles. The molecule has 1 aliphatic carbocycles. The summed E-state index contributed by atoms with van der Waals surface area (Å²) in [4.78, 5) is 26.5. The van der Waals surface area contributed by atoms with Crippen LogP contribution in [0.4, 0.5) is 5.69 Å². The molecule has 1 heterocycles. The van der Waals surface area contributed by atoms with Crippen LogP contribution in [0.3, 0.4) is 0 Å². The molecule has 0 spiro atoms. The number of rotatable bonds is 2. The van der Waals surface area contributed by atoms with Crippen molar-refractivity contribution < 1.29 is 9.59 Å². The predicted octanol–water partition coefficient (Wildman–Crippen LogP) is 2.59. The topological polar surface area (TPSA) is 58.5 Å². The van der Waals surface area contributed by atoms with Gasteiger partial charge in [-0.1, -0.05) is 30.5 Å². The first-order valence-corrected chi connectivity index (χ1v) is 6.67. The maximum atomic E-state index is 11.6. The molecule has 0 saturated heterocycles. The molecule has 1 amide bonds. The summed E-state index contributed by atoms with van der Waals surface area (Å²) in [6.07, 6.45) is 5.98. The first kappa shape index (κ1) is 12.1. The Kier molecular flexibility index (Phi) is 2.76. The maximum Gasteiger partial charge on any atom is 0.235 e. The van der Waals surface area contributed by atoms with Gasteiger partial charge in [0.1, 0.15) is 5.54 Å². The minimum absolute atomic E-state index is 0.0186. The molecule has 3 rings (SSSR count). The Hall–Kier alpha value is -1.93. The smallest absolute Gasteiger partial charge is 0.235 e. The lowest BCUT2D eigenvalue weighted by atomic mass is 9.85. The molecule has 2 aliphatic rings. The van der Waals surface area contributed by atoms with Crippen molar-refractivity contribution in [3.05, 3.63) is 28.8 Å². The summed E-state index contributed by atoms with van der Waals surface area (Å²) in [5, 5.41) is 2.92. The molecule has 1 fully saturated rings. The number of nitrogens with zero attached hydrogens (tertiary/aromatic N) is 1. The van der Waals surface area contributed by atoms with Crippen LogP contribution in [0.15, 0.2) is 17.1 Å². The Morgan fingerprint density at radius 3 is 2.74 bits per heavy atom. The number of amides is 1. The average molecular weight is 256 g/mol. The van der Waals surface area contributed by atoms with E-state index < -0.39 is 5.54 Å². The van der Waals surface area contributed by atoms with Crippen LogP contribution < -0.4 is 5.32 Å². The van der Waals surface area contributed by atoms with Gasteiger partial charge in [0.25, 0.3) is 0 Å². The number of fused-ring (bicyclic) bond motifs is 1. The standard InChI is InChI=1S/C15H16N2O2/c1-10-6-11-8-13(19)17-14(11)12(7-10)15(16-9-18)4-2-3-5-15/h6-7H,2-5,8H2,1H3,(H,17,19).